The average molecular weight is 386 g/mol. The molecule has 4 nitrogen and oxygen atoms in total. The fraction of sp³-hybridized carbons (Fsp3) is 0.176. The molecular weight excluding hydrogens is 371 g/mol. The molecule has 0 heterocycles. The van der Waals surface area contributed by atoms with Crippen molar-refractivity contribution in [3.05, 3.63) is 63.1 Å². The Kier molecular flexibility index (Phi) is 6.91. The summed E-state index contributed by atoms with van der Waals surface area (Å²) in [6.07, 6.45) is 0.321. The van der Waals surface area contributed by atoms with E-state index in [0.29, 0.717) is 33.7 Å². The Bertz CT molecular complexity index is 730. The van der Waals surface area contributed by atoms with Crippen LogP contribution in [0, 0.1) is 0 Å². The lowest BCUT2D eigenvalue weighted by atomic mass is 10.1. The van der Waals surface area contributed by atoms with Gasteiger partial charge in [-0.05, 0) is 36.2 Å². The van der Waals surface area contributed by atoms with Crippen LogP contribution in [0.1, 0.15) is 12.0 Å². The Morgan fingerprint density at radius 1 is 0.917 bits per heavy atom. The highest BCUT2D eigenvalue weighted by atomic mass is 35.5. The van der Waals surface area contributed by atoms with E-state index in [2.05, 4.69) is 10.6 Å². The van der Waals surface area contributed by atoms with Crippen molar-refractivity contribution in [3.63, 3.8) is 0 Å². The largest absolute Gasteiger partial charge is 0.355 e. The molecule has 2 N–H and O–H groups in total. The van der Waals surface area contributed by atoms with Crippen LogP contribution >= 0.6 is 34.8 Å². The summed E-state index contributed by atoms with van der Waals surface area (Å²) in [5.41, 5.74) is 1.31. The van der Waals surface area contributed by atoms with Gasteiger partial charge in [-0.25, -0.2) is 0 Å². The van der Waals surface area contributed by atoms with Crippen molar-refractivity contribution < 1.29 is 9.59 Å². The van der Waals surface area contributed by atoms with Gasteiger partial charge < -0.3 is 10.6 Å². The molecule has 0 saturated carbocycles. The van der Waals surface area contributed by atoms with Gasteiger partial charge in [-0.15, -0.1) is 0 Å². The third kappa shape index (κ3) is 5.71. The molecule has 0 fully saturated rings. The Hall–Kier alpha value is -1.75. The first-order chi connectivity index (χ1) is 11.5. The molecule has 2 amide bonds. The van der Waals surface area contributed by atoms with Crippen LogP contribution in [0.25, 0.3) is 0 Å². The smallest absolute Gasteiger partial charge is 0.233 e. The Labute approximate surface area is 155 Å². The maximum atomic E-state index is 11.9. The van der Waals surface area contributed by atoms with Gasteiger partial charge in [-0.3, -0.25) is 9.59 Å². The molecule has 0 bridgehead atoms. The second-order valence-corrected chi connectivity index (χ2v) is 6.30. The molecule has 0 unspecified atom stereocenters. The number of nitrogens with one attached hydrogen (secondary N) is 2. The molecule has 0 saturated heterocycles. The fourth-order valence-electron chi connectivity index (χ4n) is 2.05. The van der Waals surface area contributed by atoms with Crippen LogP contribution in [-0.4, -0.2) is 18.4 Å². The molecule has 24 heavy (non-hydrogen) atoms. The van der Waals surface area contributed by atoms with Crippen molar-refractivity contribution in [2.24, 2.45) is 0 Å². The molecule has 0 aliphatic rings. The normalized spacial score (nSPS) is 10.3. The highest BCUT2D eigenvalue weighted by Gasteiger charge is 2.13. The summed E-state index contributed by atoms with van der Waals surface area (Å²) in [4.78, 5) is 23.7. The second kappa shape index (κ2) is 8.92. The molecule has 2 aromatic rings. The van der Waals surface area contributed by atoms with Crippen molar-refractivity contribution in [2.75, 3.05) is 11.9 Å². The number of rotatable bonds is 6. The van der Waals surface area contributed by atoms with Gasteiger partial charge >= 0.3 is 0 Å². The fourth-order valence-corrected chi connectivity index (χ4v) is 2.75. The van der Waals surface area contributed by atoms with Crippen LogP contribution in [0.3, 0.4) is 0 Å². The Morgan fingerprint density at radius 2 is 1.58 bits per heavy atom. The number of carbonyl (C=O) groups excluding carboxylic acids is 2. The lowest BCUT2D eigenvalue weighted by Crippen LogP contribution is -2.29. The van der Waals surface area contributed by atoms with Crippen molar-refractivity contribution >= 4 is 52.3 Å². The van der Waals surface area contributed by atoms with E-state index in [9.17, 15) is 9.59 Å². The number of anilines is 1. The number of para-hydroxylation sites is 1. The van der Waals surface area contributed by atoms with Crippen LogP contribution in [-0.2, 0) is 16.0 Å². The van der Waals surface area contributed by atoms with E-state index < -0.39 is 5.91 Å². The molecule has 2 rings (SSSR count). The first-order valence-electron chi connectivity index (χ1n) is 7.20. The Balaban J connectivity index is 1.78. The third-order valence-corrected chi connectivity index (χ3v) is 4.04. The van der Waals surface area contributed by atoms with Crippen LogP contribution in [0.15, 0.2) is 42.5 Å². The molecule has 0 aliphatic carbocycles. The van der Waals surface area contributed by atoms with E-state index in [-0.39, 0.29) is 12.3 Å². The first-order valence-corrected chi connectivity index (χ1v) is 8.34. The SMILES string of the molecule is O=C(CC(=O)Nc1c(Cl)cccc1Cl)NCCc1cccc(Cl)c1. The maximum absolute atomic E-state index is 11.9. The summed E-state index contributed by atoms with van der Waals surface area (Å²) in [6.45, 7) is 0.416. The van der Waals surface area contributed by atoms with Gasteiger partial charge in [0.25, 0.3) is 0 Å². The molecule has 0 atom stereocenters. The molecular formula is C17H15Cl3N2O2. The minimum atomic E-state index is -0.481. The summed E-state index contributed by atoms with van der Waals surface area (Å²) in [6, 6.07) is 12.3. The zero-order valence-corrected chi connectivity index (χ0v) is 14.9. The summed E-state index contributed by atoms with van der Waals surface area (Å²) in [5, 5.41) is 6.51. The summed E-state index contributed by atoms with van der Waals surface area (Å²) < 4.78 is 0. The number of hydrogen-bond acceptors (Lipinski definition) is 2. The predicted octanol–water partition coefficient (Wildman–Crippen LogP) is 4.33. The van der Waals surface area contributed by atoms with Crippen molar-refractivity contribution in [2.45, 2.75) is 12.8 Å². The van der Waals surface area contributed by atoms with E-state index in [1.807, 2.05) is 18.2 Å². The molecule has 0 aromatic heterocycles. The summed E-state index contributed by atoms with van der Waals surface area (Å²) in [5.74, 6) is -0.858. The topological polar surface area (TPSA) is 58.2 Å². The molecule has 0 spiro atoms. The van der Waals surface area contributed by atoms with Gasteiger partial charge in [0.15, 0.2) is 0 Å². The van der Waals surface area contributed by atoms with Crippen molar-refractivity contribution in [1.29, 1.82) is 0 Å². The monoisotopic (exact) mass is 384 g/mol. The number of carbonyl (C=O) groups is 2. The van der Waals surface area contributed by atoms with E-state index in [1.165, 1.54) is 0 Å². The van der Waals surface area contributed by atoms with Gasteiger partial charge in [-0.1, -0.05) is 53.0 Å². The zero-order valence-electron chi connectivity index (χ0n) is 12.6. The minimum absolute atomic E-state index is 0.303. The molecule has 7 heteroatoms. The van der Waals surface area contributed by atoms with Crippen LogP contribution in [0.5, 0.6) is 0 Å². The van der Waals surface area contributed by atoms with Gasteiger partial charge in [0.05, 0.1) is 15.7 Å². The highest BCUT2D eigenvalue weighted by Crippen LogP contribution is 2.29. The van der Waals surface area contributed by atoms with E-state index in [1.54, 1.807) is 24.3 Å². The van der Waals surface area contributed by atoms with Crippen LogP contribution in [0.4, 0.5) is 5.69 Å². The molecule has 2 aromatic carbocycles. The molecule has 0 radical (unpaired) electrons. The van der Waals surface area contributed by atoms with Gasteiger partial charge in [0.2, 0.25) is 11.8 Å². The van der Waals surface area contributed by atoms with Crippen molar-refractivity contribution in [1.82, 2.24) is 5.32 Å². The molecule has 126 valence electrons. The number of benzene rings is 2. The minimum Gasteiger partial charge on any atom is -0.355 e. The second-order valence-electron chi connectivity index (χ2n) is 5.05. The van der Waals surface area contributed by atoms with Crippen LogP contribution in [0.2, 0.25) is 15.1 Å². The van der Waals surface area contributed by atoms with Crippen LogP contribution < -0.4 is 10.6 Å². The van der Waals surface area contributed by atoms with Crippen molar-refractivity contribution in [3.8, 4) is 0 Å². The average Bonchev–Trinajstić information content (AvgIpc) is 2.51. The lowest BCUT2D eigenvalue weighted by molar-refractivity contribution is -0.126. The first kappa shape index (κ1) is 18.6. The lowest BCUT2D eigenvalue weighted by Gasteiger charge is -2.09. The number of hydrogen-bond donors (Lipinski definition) is 2. The summed E-state index contributed by atoms with van der Waals surface area (Å²) >= 11 is 17.8. The highest BCUT2D eigenvalue weighted by molar-refractivity contribution is 6.39. The number of amides is 2. The maximum Gasteiger partial charge on any atom is 0.233 e. The van der Waals surface area contributed by atoms with E-state index in [4.69, 9.17) is 34.8 Å². The standard InChI is InChI=1S/C17H15Cl3N2O2/c18-12-4-1-3-11(9-12)7-8-21-15(23)10-16(24)22-17-13(19)5-2-6-14(17)20/h1-6,9H,7-8,10H2,(H,21,23)(H,22,24). The number of halogens is 3. The molecule has 0 aliphatic heterocycles. The Morgan fingerprint density at radius 3 is 2.25 bits per heavy atom. The van der Waals surface area contributed by atoms with Gasteiger partial charge in [0, 0.05) is 11.6 Å². The van der Waals surface area contributed by atoms with Gasteiger partial charge in [-0.2, -0.15) is 0 Å². The van der Waals surface area contributed by atoms with E-state index >= 15 is 0 Å². The van der Waals surface area contributed by atoms with E-state index in [0.717, 1.165) is 5.56 Å². The quantitative estimate of drug-likeness (QED) is 0.727. The summed E-state index contributed by atoms with van der Waals surface area (Å²) in [7, 11) is 0. The third-order valence-electron chi connectivity index (χ3n) is 3.17. The zero-order chi connectivity index (χ0) is 17.5. The predicted molar refractivity (Wildman–Crippen MR) is 97.9 cm³/mol. The van der Waals surface area contributed by atoms with Gasteiger partial charge in [0.1, 0.15) is 6.42 Å².